The smallest absolute Gasteiger partial charge is 0.415 e. The molecule has 0 N–H and O–H groups in total. The third-order valence-corrected chi connectivity index (χ3v) is 3.66. The Morgan fingerprint density at radius 2 is 1.71 bits per heavy atom. The molecule has 3 nitrogen and oxygen atoms in total. The molecule has 0 bridgehead atoms. The van der Waals surface area contributed by atoms with Gasteiger partial charge in [0.05, 0.1) is 0 Å². The average molecular weight is 300 g/mol. The molecule has 2 aromatic carbocycles. The number of amides is 1. The van der Waals surface area contributed by atoms with Crippen molar-refractivity contribution >= 4 is 23.8 Å². The van der Waals surface area contributed by atoms with Crippen LogP contribution in [0.15, 0.2) is 65.8 Å². The van der Waals surface area contributed by atoms with Crippen molar-refractivity contribution < 1.29 is 9.53 Å². The van der Waals surface area contributed by atoms with Gasteiger partial charge in [0.1, 0.15) is 17.8 Å². The highest BCUT2D eigenvalue weighted by molar-refractivity contribution is 6.32. The van der Waals surface area contributed by atoms with Crippen molar-refractivity contribution in [3.05, 3.63) is 76.9 Å². The summed E-state index contributed by atoms with van der Waals surface area (Å²) in [4.78, 5) is 13.5. The van der Waals surface area contributed by atoms with Crippen LogP contribution in [0.3, 0.4) is 0 Å². The van der Waals surface area contributed by atoms with Crippen molar-refractivity contribution in [3.63, 3.8) is 0 Å². The molecule has 0 unspecified atom stereocenters. The molecule has 0 aliphatic carbocycles. The molecule has 1 aliphatic heterocycles. The van der Waals surface area contributed by atoms with Crippen LogP contribution in [-0.4, -0.2) is 17.6 Å². The molecule has 0 saturated carbocycles. The van der Waals surface area contributed by atoms with E-state index in [1.807, 2.05) is 60.7 Å². The summed E-state index contributed by atoms with van der Waals surface area (Å²) in [5, 5.41) is 0.359. The number of cyclic esters (lactones) is 1. The van der Waals surface area contributed by atoms with Crippen molar-refractivity contribution in [2.24, 2.45) is 0 Å². The maximum absolute atomic E-state index is 12.0. The minimum Gasteiger partial charge on any atom is -0.447 e. The molecule has 1 heterocycles. The molecule has 21 heavy (non-hydrogen) atoms. The monoisotopic (exact) mass is 299 g/mol. The summed E-state index contributed by atoms with van der Waals surface area (Å²) in [5.41, 5.74) is 1.94. The van der Waals surface area contributed by atoms with Crippen molar-refractivity contribution in [1.29, 1.82) is 0 Å². The van der Waals surface area contributed by atoms with Gasteiger partial charge < -0.3 is 4.74 Å². The lowest BCUT2D eigenvalue weighted by Gasteiger charge is -2.20. The van der Waals surface area contributed by atoms with Crippen molar-refractivity contribution in [1.82, 2.24) is 4.90 Å². The zero-order valence-electron chi connectivity index (χ0n) is 11.3. The summed E-state index contributed by atoms with van der Waals surface area (Å²) in [6.07, 6.45) is 1.35. The SMILES string of the molecule is O=C1OC[C@@H](c2ccccc2)N1/C(Cl)=C\c1ccccc1. The van der Waals surface area contributed by atoms with Crippen LogP contribution in [-0.2, 0) is 4.74 Å². The number of carbonyl (C=O) groups excluding carboxylic acids is 1. The molecule has 106 valence electrons. The van der Waals surface area contributed by atoms with E-state index < -0.39 is 6.09 Å². The molecule has 0 spiro atoms. The molecule has 1 saturated heterocycles. The Hall–Kier alpha value is -2.26. The third-order valence-electron chi connectivity index (χ3n) is 3.37. The van der Waals surface area contributed by atoms with Crippen LogP contribution in [0, 0.1) is 0 Å². The van der Waals surface area contributed by atoms with Gasteiger partial charge in [-0.25, -0.2) is 4.79 Å². The summed E-state index contributed by atoms with van der Waals surface area (Å²) in [6, 6.07) is 19.2. The molecule has 1 atom stereocenters. The maximum atomic E-state index is 12.0. The number of ether oxygens (including phenoxy) is 1. The average Bonchev–Trinajstić information content (AvgIpc) is 2.91. The summed E-state index contributed by atoms with van der Waals surface area (Å²) < 4.78 is 5.15. The van der Waals surface area contributed by atoms with Crippen LogP contribution < -0.4 is 0 Å². The number of halogens is 1. The highest BCUT2D eigenvalue weighted by Gasteiger charge is 2.36. The second-order valence-electron chi connectivity index (χ2n) is 4.75. The van der Waals surface area contributed by atoms with E-state index >= 15 is 0 Å². The lowest BCUT2D eigenvalue weighted by Crippen LogP contribution is -2.24. The number of nitrogens with zero attached hydrogens (tertiary/aromatic N) is 1. The Bertz CT molecular complexity index is 655. The molecule has 2 aromatic rings. The quantitative estimate of drug-likeness (QED) is 0.785. The predicted molar refractivity (Wildman–Crippen MR) is 82.6 cm³/mol. The number of rotatable bonds is 3. The molecule has 3 rings (SSSR count). The number of benzene rings is 2. The molecule has 0 radical (unpaired) electrons. The van der Waals surface area contributed by atoms with Crippen LogP contribution in [0.2, 0.25) is 0 Å². The molecule has 1 amide bonds. The summed E-state index contributed by atoms with van der Waals surface area (Å²) >= 11 is 6.35. The van der Waals surface area contributed by atoms with E-state index in [-0.39, 0.29) is 6.04 Å². The van der Waals surface area contributed by atoms with Gasteiger partial charge >= 0.3 is 6.09 Å². The van der Waals surface area contributed by atoms with Crippen molar-refractivity contribution in [3.8, 4) is 0 Å². The fourth-order valence-electron chi connectivity index (χ4n) is 2.33. The lowest BCUT2D eigenvalue weighted by molar-refractivity contribution is 0.165. The molecular formula is C17H14ClNO2. The molecular weight excluding hydrogens is 286 g/mol. The van der Waals surface area contributed by atoms with Crippen molar-refractivity contribution in [2.45, 2.75) is 6.04 Å². The maximum Gasteiger partial charge on any atom is 0.415 e. The number of hydrogen-bond acceptors (Lipinski definition) is 2. The van der Waals surface area contributed by atoms with E-state index in [4.69, 9.17) is 16.3 Å². The normalized spacial score (nSPS) is 18.7. The minimum atomic E-state index is -0.416. The van der Waals surface area contributed by atoms with Crippen LogP contribution in [0.4, 0.5) is 4.79 Å². The van der Waals surface area contributed by atoms with Crippen LogP contribution in [0.25, 0.3) is 6.08 Å². The van der Waals surface area contributed by atoms with E-state index in [0.717, 1.165) is 11.1 Å². The van der Waals surface area contributed by atoms with Crippen LogP contribution >= 0.6 is 11.6 Å². The topological polar surface area (TPSA) is 29.5 Å². The van der Waals surface area contributed by atoms with Gasteiger partial charge in [-0.15, -0.1) is 0 Å². The standard InChI is InChI=1S/C17H14ClNO2/c18-16(11-13-7-3-1-4-8-13)19-15(12-21-17(19)20)14-9-5-2-6-10-14/h1-11,15H,12H2/b16-11-/t15-/m0/s1. The number of carbonyl (C=O) groups is 1. The summed E-state index contributed by atoms with van der Waals surface area (Å²) in [5.74, 6) is 0. The van der Waals surface area contributed by atoms with E-state index in [1.165, 1.54) is 4.90 Å². The van der Waals surface area contributed by atoms with Crippen LogP contribution in [0.1, 0.15) is 17.2 Å². The van der Waals surface area contributed by atoms with E-state index in [0.29, 0.717) is 11.8 Å². The van der Waals surface area contributed by atoms with E-state index in [2.05, 4.69) is 0 Å². The fraction of sp³-hybridized carbons (Fsp3) is 0.118. The largest absolute Gasteiger partial charge is 0.447 e. The molecule has 0 aromatic heterocycles. The fourth-order valence-corrected chi connectivity index (χ4v) is 2.65. The third kappa shape index (κ3) is 2.93. The van der Waals surface area contributed by atoms with E-state index in [1.54, 1.807) is 6.08 Å². The first kappa shape index (κ1) is 13.7. The first-order valence-electron chi connectivity index (χ1n) is 6.69. The number of hydrogen-bond donors (Lipinski definition) is 0. The zero-order valence-corrected chi connectivity index (χ0v) is 12.0. The molecule has 1 aliphatic rings. The van der Waals surface area contributed by atoms with Gasteiger partial charge in [0.2, 0.25) is 0 Å². The minimum absolute atomic E-state index is 0.189. The first-order valence-corrected chi connectivity index (χ1v) is 7.06. The van der Waals surface area contributed by atoms with Gasteiger partial charge in [-0.05, 0) is 17.2 Å². The van der Waals surface area contributed by atoms with Gasteiger partial charge in [0.25, 0.3) is 0 Å². The van der Waals surface area contributed by atoms with Gasteiger partial charge in [0, 0.05) is 0 Å². The lowest BCUT2D eigenvalue weighted by atomic mass is 10.1. The Balaban J connectivity index is 1.91. The summed E-state index contributed by atoms with van der Waals surface area (Å²) in [6.45, 7) is 0.307. The Kier molecular flexibility index (Phi) is 3.93. The second kappa shape index (κ2) is 6.02. The zero-order chi connectivity index (χ0) is 14.7. The Labute approximate surface area is 128 Å². The van der Waals surface area contributed by atoms with Gasteiger partial charge in [0.15, 0.2) is 0 Å². The van der Waals surface area contributed by atoms with Gasteiger partial charge in [-0.1, -0.05) is 72.3 Å². The predicted octanol–water partition coefficient (Wildman–Crippen LogP) is 4.42. The molecule has 1 fully saturated rings. The van der Waals surface area contributed by atoms with Crippen LogP contribution in [0.5, 0.6) is 0 Å². The summed E-state index contributed by atoms with van der Waals surface area (Å²) in [7, 11) is 0. The highest BCUT2D eigenvalue weighted by atomic mass is 35.5. The Morgan fingerprint density at radius 3 is 2.38 bits per heavy atom. The molecule has 4 heteroatoms. The second-order valence-corrected chi connectivity index (χ2v) is 5.14. The Morgan fingerprint density at radius 1 is 1.10 bits per heavy atom. The van der Waals surface area contributed by atoms with Gasteiger partial charge in [-0.3, -0.25) is 4.90 Å². The van der Waals surface area contributed by atoms with Crippen molar-refractivity contribution in [2.75, 3.05) is 6.61 Å². The highest BCUT2D eigenvalue weighted by Crippen LogP contribution is 2.33. The first-order chi connectivity index (χ1) is 10.3. The van der Waals surface area contributed by atoms with Gasteiger partial charge in [-0.2, -0.15) is 0 Å². The van der Waals surface area contributed by atoms with E-state index in [9.17, 15) is 4.79 Å².